The van der Waals surface area contributed by atoms with E-state index in [1.807, 2.05) is 12.1 Å². The molecule has 0 atom stereocenters. The average Bonchev–Trinajstić information content (AvgIpc) is 2.63. The summed E-state index contributed by atoms with van der Waals surface area (Å²) in [5.74, 6) is 0.0170. The second-order valence-electron chi connectivity index (χ2n) is 3.27. The van der Waals surface area contributed by atoms with Crippen LogP contribution >= 0.6 is 15.9 Å². The molecule has 0 saturated heterocycles. The second kappa shape index (κ2) is 4.45. The van der Waals surface area contributed by atoms with Gasteiger partial charge in [-0.2, -0.15) is 5.26 Å². The fraction of sp³-hybridized carbons (Fsp3) is 0.0909. The standard InChI is InChI=1S/C11H7BrFN3/c12-9-3-8(4-10(13)5-9)7-16-2-1-15-11(16)6-14/h1-5H,7H2. The van der Waals surface area contributed by atoms with Crippen molar-refractivity contribution in [3.05, 3.63) is 52.3 Å². The van der Waals surface area contributed by atoms with Gasteiger partial charge in [0.15, 0.2) is 0 Å². The monoisotopic (exact) mass is 279 g/mol. The predicted octanol–water partition coefficient (Wildman–Crippen LogP) is 2.70. The summed E-state index contributed by atoms with van der Waals surface area (Å²) in [6.45, 7) is 0.430. The lowest BCUT2D eigenvalue weighted by Crippen LogP contribution is -2.01. The molecular weight excluding hydrogens is 273 g/mol. The molecule has 2 rings (SSSR count). The first-order chi connectivity index (χ1) is 7.69. The van der Waals surface area contributed by atoms with E-state index in [1.165, 1.54) is 12.1 Å². The molecule has 1 aromatic carbocycles. The molecule has 80 valence electrons. The first kappa shape index (κ1) is 10.8. The lowest BCUT2D eigenvalue weighted by atomic mass is 10.2. The Morgan fingerprint density at radius 3 is 2.94 bits per heavy atom. The Morgan fingerprint density at radius 1 is 1.44 bits per heavy atom. The van der Waals surface area contributed by atoms with Crippen molar-refractivity contribution >= 4 is 15.9 Å². The topological polar surface area (TPSA) is 41.6 Å². The van der Waals surface area contributed by atoms with E-state index < -0.39 is 0 Å². The van der Waals surface area contributed by atoms with E-state index in [1.54, 1.807) is 17.0 Å². The highest BCUT2D eigenvalue weighted by molar-refractivity contribution is 9.10. The van der Waals surface area contributed by atoms with Crippen LogP contribution in [0.15, 0.2) is 35.1 Å². The summed E-state index contributed by atoms with van der Waals surface area (Å²) in [5.41, 5.74) is 0.779. The van der Waals surface area contributed by atoms with E-state index in [0.717, 1.165) is 5.56 Å². The highest BCUT2D eigenvalue weighted by atomic mass is 79.9. The first-order valence-corrected chi connectivity index (χ1v) is 5.34. The molecule has 0 aliphatic carbocycles. The zero-order valence-corrected chi connectivity index (χ0v) is 9.78. The summed E-state index contributed by atoms with van der Waals surface area (Å²) in [6.07, 6.45) is 3.24. The van der Waals surface area contributed by atoms with Gasteiger partial charge >= 0.3 is 0 Å². The maximum atomic E-state index is 13.1. The van der Waals surface area contributed by atoms with Gasteiger partial charge in [-0.05, 0) is 23.8 Å². The number of halogens is 2. The number of nitrogens with zero attached hydrogens (tertiary/aromatic N) is 3. The Labute approximate surface area is 100 Å². The van der Waals surface area contributed by atoms with Gasteiger partial charge in [0.05, 0.1) is 0 Å². The Hall–Kier alpha value is -1.67. The van der Waals surface area contributed by atoms with Crippen LogP contribution in [0.4, 0.5) is 4.39 Å². The van der Waals surface area contributed by atoms with Crippen molar-refractivity contribution in [3.63, 3.8) is 0 Å². The molecule has 0 radical (unpaired) electrons. The molecule has 0 aliphatic rings. The van der Waals surface area contributed by atoms with Crippen LogP contribution in [0.1, 0.15) is 11.4 Å². The third-order valence-electron chi connectivity index (χ3n) is 2.09. The summed E-state index contributed by atoms with van der Waals surface area (Å²) in [4.78, 5) is 3.87. The van der Waals surface area contributed by atoms with Gasteiger partial charge in [0.1, 0.15) is 11.9 Å². The van der Waals surface area contributed by atoms with Gasteiger partial charge in [-0.1, -0.05) is 15.9 Å². The molecule has 0 spiro atoms. The van der Waals surface area contributed by atoms with Gasteiger partial charge in [0.25, 0.3) is 0 Å². The summed E-state index contributed by atoms with van der Waals surface area (Å²) in [7, 11) is 0. The van der Waals surface area contributed by atoms with Crippen molar-refractivity contribution in [1.29, 1.82) is 5.26 Å². The van der Waals surface area contributed by atoms with Crippen LogP contribution in [0.2, 0.25) is 0 Å². The fourth-order valence-electron chi connectivity index (χ4n) is 1.45. The molecule has 5 heteroatoms. The normalized spacial score (nSPS) is 10.1. The SMILES string of the molecule is N#Cc1nccn1Cc1cc(F)cc(Br)c1. The molecule has 0 N–H and O–H groups in total. The highest BCUT2D eigenvalue weighted by Crippen LogP contribution is 2.16. The van der Waals surface area contributed by atoms with Gasteiger partial charge in [-0.25, -0.2) is 9.37 Å². The van der Waals surface area contributed by atoms with Crippen molar-refractivity contribution in [2.75, 3.05) is 0 Å². The molecule has 3 nitrogen and oxygen atoms in total. The number of imidazole rings is 1. The molecule has 2 aromatic rings. The minimum atomic E-state index is -0.303. The summed E-state index contributed by atoms with van der Waals surface area (Å²) in [5, 5.41) is 8.78. The molecule has 0 amide bonds. The van der Waals surface area contributed by atoms with Crippen LogP contribution in [0.25, 0.3) is 0 Å². The summed E-state index contributed by atoms with van der Waals surface area (Å²) >= 11 is 3.22. The van der Waals surface area contributed by atoms with Crippen LogP contribution in [0.3, 0.4) is 0 Å². The van der Waals surface area contributed by atoms with E-state index in [-0.39, 0.29) is 5.82 Å². The number of aromatic nitrogens is 2. The van der Waals surface area contributed by atoms with E-state index in [9.17, 15) is 4.39 Å². The van der Waals surface area contributed by atoms with Gasteiger partial charge in [0.2, 0.25) is 5.82 Å². The summed E-state index contributed by atoms with van der Waals surface area (Å²) < 4.78 is 15.5. The lowest BCUT2D eigenvalue weighted by molar-refractivity contribution is 0.622. The smallest absolute Gasteiger partial charge is 0.213 e. The Bertz CT molecular complexity index is 536. The highest BCUT2D eigenvalue weighted by Gasteiger charge is 2.04. The Balaban J connectivity index is 2.31. The quantitative estimate of drug-likeness (QED) is 0.848. The van der Waals surface area contributed by atoms with Crippen molar-refractivity contribution in [1.82, 2.24) is 9.55 Å². The maximum absolute atomic E-state index is 13.1. The Morgan fingerprint density at radius 2 is 2.25 bits per heavy atom. The van der Waals surface area contributed by atoms with Crippen LogP contribution in [0, 0.1) is 17.1 Å². The fourth-order valence-corrected chi connectivity index (χ4v) is 1.96. The zero-order chi connectivity index (χ0) is 11.5. The number of hydrogen-bond acceptors (Lipinski definition) is 2. The van der Waals surface area contributed by atoms with Crippen LogP contribution in [-0.4, -0.2) is 9.55 Å². The molecule has 1 heterocycles. The van der Waals surface area contributed by atoms with E-state index >= 15 is 0 Å². The van der Waals surface area contributed by atoms with Crippen molar-refractivity contribution in [2.45, 2.75) is 6.54 Å². The minimum Gasteiger partial charge on any atom is -0.318 e. The van der Waals surface area contributed by atoms with Gasteiger partial charge in [-0.3, -0.25) is 0 Å². The van der Waals surface area contributed by atoms with Gasteiger partial charge in [0, 0.05) is 23.4 Å². The van der Waals surface area contributed by atoms with Crippen LogP contribution in [0.5, 0.6) is 0 Å². The third kappa shape index (κ3) is 2.28. The molecule has 0 saturated carbocycles. The molecule has 1 aromatic heterocycles. The second-order valence-corrected chi connectivity index (χ2v) is 4.18. The number of nitriles is 1. The molecule has 0 bridgehead atoms. The number of rotatable bonds is 2. The van der Waals surface area contributed by atoms with E-state index in [2.05, 4.69) is 20.9 Å². The predicted molar refractivity (Wildman–Crippen MR) is 60.1 cm³/mol. The lowest BCUT2D eigenvalue weighted by Gasteiger charge is -2.04. The molecule has 0 aliphatic heterocycles. The largest absolute Gasteiger partial charge is 0.318 e. The van der Waals surface area contributed by atoms with Gasteiger partial charge in [-0.15, -0.1) is 0 Å². The van der Waals surface area contributed by atoms with Crippen LogP contribution < -0.4 is 0 Å². The molecule has 0 unspecified atom stereocenters. The molecule has 16 heavy (non-hydrogen) atoms. The minimum absolute atomic E-state index is 0.303. The maximum Gasteiger partial charge on any atom is 0.213 e. The zero-order valence-electron chi connectivity index (χ0n) is 8.19. The van der Waals surface area contributed by atoms with E-state index in [0.29, 0.717) is 16.8 Å². The number of hydrogen-bond donors (Lipinski definition) is 0. The van der Waals surface area contributed by atoms with E-state index in [4.69, 9.17) is 5.26 Å². The first-order valence-electron chi connectivity index (χ1n) is 4.55. The molecular formula is C11H7BrFN3. The van der Waals surface area contributed by atoms with Gasteiger partial charge < -0.3 is 4.57 Å². The third-order valence-corrected chi connectivity index (χ3v) is 2.55. The van der Waals surface area contributed by atoms with Crippen molar-refractivity contribution in [3.8, 4) is 6.07 Å². The Kier molecular flexibility index (Phi) is 3.02. The summed E-state index contributed by atoms with van der Waals surface area (Å²) in [6, 6.07) is 6.61. The van der Waals surface area contributed by atoms with Crippen molar-refractivity contribution in [2.24, 2.45) is 0 Å². The molecule has 0 fully saturated rings. The average molecular weight is 280 g/mol. The number of benzene rings is 1. The van der Waals surface area contributed by atoms with Crippen LogP contribution in [-0.2, 0) is 6.54 Å². The van der Waals surface area contributed by atoms with Crippen molar-refractivity contribution < 1.29 is 4.39 Å².